The van der Waals surface area contributed by atoms with Crippen molar-refractivity contribution in [3.63, 3.8) is 0 Å². The Morgan fingerprint density at radius 3 is 2.50 bits per heavy atom. The fourth-order valence-electron chi connectivity index (χ4n) is 7.98. The van der Waals surface area contributed by atoms with Crippen LogP contribution in [-0.4, -0.2) is 68.1 Å². The highest BCUT2D eigenvalue weighted by Crippen LogP contribution is 2.65. The third kappa shape index (κ3) is 5.04. The monoisotopic (exact) mass is 499 g/mol. The lowest BCUT2D eigenvalue weighted by atomic mass is 9.69. The normalized spacial score (nSPS) is 37.9. The van der Waals surface area contributed by atoms with Gasteiger partial charge in [0, 0.05) is 19.6 Å². The predicted octanol–water partition coefficient (Wildman–Crippen LogP) is 4.51. The molecule has 4 bridgehead atoms. The molecule has 0 spiro atoms. The average molecular weight is 500 g/mol. The van der Waals surface area contributed by atoms with Gasteiger partial charge in [0.2, 0.25) is 0 Å². The second kappa shape index (κ2) is 10.6. The molecule has 0 radical (unpaired) electrons. The van der Waals surface area contributed by atoms with Gasteiger partial charge in [-0.2, -0.15) is 0 Å². The first kappa shape index (κ1) is 24.7. The van der Waals surface area contributed by atoms with E-state index in [-0.39, 0.29) is 6.10 Å². The van der Waals surface area contributed by atoms with E-state index in [4.69, 9.17) is 19.2 Å². The third-order valence-electron chi connectivity index (χ3n) is 9.94. The van der Waals surface area contributed by atoms with Crippen molar-refractivity contribution in [2.75, 3.05) is 46.1 Å². The van der Waals surface area contributed by atoms with Crippen LogP contribution in [-0.2, 0) is 19.3 Å². The highest BCUT2D eigenvalue weighted by molar-refractivity contribution is 5.75. The van der Waals surface area contributed by atoms with Crippen LogP contribution in [0.1, 0.15) is 62.8 Å². The Bertz CT molecular complexity index is 890. The summed E-state index contributed by atoms with van der Waals surface area (Å²) >= 11 is 0. The van der Waals surface area contributed by atoms with E-state index in [1.165, 1.54) is 18.4 Å². The first-order chi connectivity index (χ1) is 17.6. The molecule has 0 aromatic heterocycles. The van der Waals surface area contributed by atoms with Crippen LogP contribution in [0.5, 0.6) is 5.75 Å². The molecule has 5 atom stereocenters. The van der Waals surface area contributed by atoms with Gasteiger partial charge in [-0.1, -0.05) is 12.1 Å². The maximum Gasteiger partial charge on any atom is 0.309 e. The van der Waals surface area contributed by atoms with Crippen molar-refractivity contribution in [3.8, 4) is 5.75 Å². The van der Waals surface area contributed by atoms with Crippen molar-refractivity contribution in [2.45, 2.75) is 63.4 Å². The molecule has 1 aromatic carbocycles. The number of carboxylic acid groups (broad SMARTS) is 1. The lowest BCUT2D eigenvalue weighted by Crippen LogP contribution is -2.41. The van der Waals surface area contributed by atoms with Crippen LogP contribution in [0.2, 0.25) is 0 Å². The Kier molecular flexibility index (Phi) is 7.26. The molecule has 1 aliphatic heterocycles. The summed E-state index contributed by atoms with van der Waals surface area (Å²) in [7, 11) is 0. The summed E-state index contributed by atoms with van der Waals surface area (Å²) < 4.78 is 11.4. The molecule has 36 heavy (non-hydrogen) atoms. The predicted molar refractivity (Wildman–Crippen MR) is 134 cm³/mol. The molecule has 198 valence electrons. The molecule has 1 N–H and O–H groups in total. The smallest absolute Gasteiger partial charge is 0.309 e. The van der Waals surface area contributed by atoms with Crippen LogP contribution in [0.25, 0.3) is 0 Å². The zero-order chi connectivity index (χ0) is 24.5. The molecule has 7 rings (SSSR count). The number of benzene rings is 1. The van der Waals surface area contributed by atoms with Crippen LogP contribution >= 0.6 is 0 Å². The summed E-state index contributed by atoms with van der Waals surface area (Å²) in [5, 5.41) is 9.70. The topological polar surface area (TPSA) is 77.5 Å². The molecule has 1 saturated heterocycles. The highest BCUT2D eigenvalue weighted by atomic mass is 17.2. The van der Waals surface area contributed by atoms with E-state index < -0.39 is 11.4 Å². The van der Waals surface area contributed by atoms with Crippen molar-refractivity contribution in [3.05, 3.63) is 29.8 Å². The van der Waals surface area contributed by atoms with Gasteiger partial charge in [0.1, 0.15) is 12.4 Å². The standard InChI is InChI=1S/C29H41NO6/c31-28(32)29-16-23-15-24(17-29)27(26(23)18-29)36-35-19-20-1-3-21(4-2-20)22-5-7-25(8-6-22)34-14-11-30-9-12-33-13-10-30/h5-8,20-21,23-24,26-27H,1-4,9-19H2,(H,31,32). The van der Waals surface area contributed by atoms with Gasteiger partial charge in [-0.3, -0.25) is 9.69 Å². The van der Waals surface area contributed by atoms with Crippen molar-refractivity contribution in [2.24, 2.45) is 29.1 Å². The van der Waals surface area contributed by atoms with E-state index in [0.29, 0.717) is 36.2 Å². The number of ether oxygens (including phenoxy) is 2. The molecule has 0 amide bonds. The fourth-order valence-corrected chi connectivity index (χ4v) is 7.98. The van der Waals surface area contributed by atoms with E-state index in [2.05, 4.69) is 29.2 Å². The number of hydrogen-bond acceptors (Lipinski definition) is 6. The molecule has 7 nitrogen and oxygen atoms in total. The minimum Gasteiger partial charge on any atom is -0.492 e. The Balaban J connectivity index is 0.894. The molecule has 6 fully saturated rings. The van der Waals surface area contributed by atoms with Gasteiger partial charge >= 0.3 is 5.97 Å². The number of carboxylic acids is 1. The first-order valence-corrected chi connectivity index (χ1v) is 14.1. The van der Waals surface area contributed by atoms with Crippen LogP contribution in [0.3, 0.4) is 0 Å². The zero-order valence-corrected chi connectivity index (χ0v) is 21.3. The Morgan fingerprint density at radius 2 is 1.78 bits per heavy atom. The molecular weight excluding hydrogens is 458 g/mol. The van der Waals surface area contributed by atoms with Gasteiger partial charge in [0.05, 0.1) is 31.3 Å². The van der Waals surface area contributed by atoms with Crippen molar-refractivity contribution >= 4 is 5.97 Å². The summed E-state index contributed by atoms with van der Waals surface area (Å²) in [4.78, 5) is 26.0. The summed E-state index contributed by atoms with van der Waals surface area (Å²) in [6.45, 7) is 5.98. The summed E-state index contributed by atoms with van der Waals surface area (Å²) in [6, 6.07) is 8.72. The molecule has 6 aliphatic rings. The largest absolute Gasteiger partial charge is 0.492 e. The van der Waals surface area contributed by atoms with Gasteiger partial charge in [0.25, 0.3) is 0 Å². The fraction of sp³-hybridized carbons (Fsp3) is 0.759. The van der Waals surface area contributed by atoms with E-state index in [1.807, 2.05) is 0 Å². The third-order valence-corrected chi connectivity index (χ3v) is 9.94. The Hall–Kier alpha value is -1.67. The van der Waals surface area contributed by atoms with E-state index in [1.54, 1.807) is 0 Å². The van der Waals surface area contributed by atoms with Crippen molar-refractivity contribution in [1.29, 1.82) is 0 Å². The molecule has 1 aromatic rings. The van der Waals surface area contributed by atoms with Crippen molar-refractivity contribution < 1.29 is 29.1 Å². The lowest BCUT2D eigenvalue weighted by Gasteiger charge is -2.38. The van der Waals surface area contributed by atoms with Gasteiger partial charge in [-0.05, 0) is 98.7 Å². The molecular formula is C29H41NO6. The number of aliphatic carboxylic acids is 1. The van der Waals surface area contributed by atoms with E-state index in [9.17, 15) is 9.90 Å². The summed E-state index contributed by atoms with van der Waals surface area (Å²) in [5.41, 5.74) is 0.945. The summed E-state index contributed by atoms with van der Waals surface area (Å²) in [6.07, 6.45) is 8.31. The molecule has 5 saturated carbocycles. The lowest BCUT2D eigenvalue weighted by molar-refractivity contribution is -0.348. The number of carbonyl (C=O) groups is 1. The molecule has 7 heteroatoms. The van der Waals surface area contributed by atoms with Crippen LogP contribution < -0.4 is 4.74 Å². The molecule has 5 aliphatic carbocycles. The number of nitrogens with zero attached hydrogens (tertiary/aromatic N) is 1. The van der Waals surface area contributed by atoms with Crippen molar-refractivity contribution in [1.82, 2.24) is 4.90 Å². The van der Waals surface area contributed by atoms with Crippen LogP contribution in [0.4, 0.5) is 0 Å². The maximum atomic E-state index is 11.8. The minimum atomic E-state index is -0.596. The zero-order valence-electron chi connectivity index (χ0n) is 21.3. The second-order valence-corrected chi connectivity index (χ2v) is 12.1. The van der Waals surface area contributed by atoms with E-state index >= 15 is 0 Å². The maximum absolute atomic E-state index is 11.8. The van der Waals surface area contributed by atoms with Gasteiger partial charge < -0.3 is 14.6 Å². The minimum absolute atomic E-state index is 0.107. The Labute approximate surface area is 214 Å². The van der Waals surface area contributed by atoms with E-state index in [0.717, 1.165) is 83.7 Å². The van der Waals surface area contributed by atoms with Crippen LogP contribution in [0.15, 0.2) is 24.3 Å². The summed E-state index contributed by atoms with van der Waals surface area (Å²) in [5.74, 6) is 2.77. The Morgan fingerprint density at radius 1 is 1.03 bits per heavy atom. The number of hydrogen-bond donors (Lipinski definition) is 1. The van der Waals surface area contributed by atoms with Gasteiger partial charge in [-0.25, -0.2) is 9.78 Å². The van der Waals surface area contributed by atoms with Gasteiger partial charge in [-0.15, -0.1) is 0 Å². The first-order valence-electron chi connectivity index (χ1n) is 14.1. The van der Waals surface area contributed by atoms with Gasteiger partial charge in [0.15, 0.2) is 0 Å². The molecule has 5 unspecified atom stereocenters. The molecule has 1 heterocycles. The number of rotatable bonds is 10. The SMILES string of the molecule is O=C(O)C12CC3CC(C1)C(OOCC1CCC(c4ccc(OCCN5CCOCC5)cc4)CC1)C3C2. The quantitative estimate of drug-likeness (QED) is 0.375. The highest BCUT2D eigenvalue weighted by Gasteiger charge is 2.64. The average Bonchev–Trinajstić information content (AvgIpc) is 3.31. The number of morpholine rings is 1. The second-order valence-electron chi connectivity index (χ2n) is 12.1. The van der Waals surface area contributed by atoms with Crippen LogP contribution in [0, 0.1) is 29.1 Å².